The van der Waals surface area contributed by atoms with Crippen LogP contribution in [-0.2, 0) is 26.3 Å². The Morgan fingerprint density at radius 1 is 1.02 bits per heavy atom. The van der Waals surface area contributed by atoms with Gasteiger partial charge in [-0.2, -0.15) is 12.7 Å². The Bertz CT molecular complexity index is 1530. The molecule has 3 aromatic rings. The fourth-order valence-electron chi connectivity index (χ4n) is 5.91. The zero-order valence-electron chi connectivity index (χ0n) is 23.5. The summed E-state index contributed by atoms with van der Waals surface area (Å²) in [4.78, 5) is 26.0. The number of fused-ring (bicyclic) bond motifs is 1. The van der Waals surface area contributed by atoms with E-state index in [1.54, 1.807) is 19.2 Å². The molecule has 0 spiro atoms. The molecular formula is C30H37N3O6S. The Morgan fingerprint density at radius 3 is 2.27 bits per heavy atom. The van der Waals surface area contributed by atoms with Crippen molar-refractivity contribution >= 4 is 33.0 Å². The summed E-state index contributed by atoms with van der Waals surface area (Å²) in [7, 11) is 1.82. The van der Waals surface area contributed by atoms with Crippen LogP contribution in [0.15, 0.2) is 42.5 Å². The third-order valence-electron chi connectivity index (χ3n) is 8.38. The van der Waals surface area contributed by atoms with Gasteiger partial charge in [0.05, 0.1) is 25.3 Å². The molecule has 0 radical (unpaired) electrons. The summed E-state index contributed by atoms with van der Waals surface area (Å²) in [6.07, 6.45) is 7.08. The number of ether oxygens (including phenoxy) is 2. The van der Waals surface area contributed by atoms with Crippen LogP contribution in [0.4, 0.5) is 0 Å². The molecule has 214 valence electrons. The maximum absolute atomic E-state index is 13.1. The van der Waals surface area contributed by atoms with Gasteiger partial charge in [0.15, 0.2) is 0 Å². The highest BCUT2D eigenvalue weighted by Crippen LogP contribution is 2.51. The standard InChI is InChI=1S/C30H37N3O6S/c1-32(2)40(36,37)31-28(34)22-12-15-24-25(18-22)33(19-30(16-17-30)29(35)39-4)27(21-10-13-23(38-3)14-11-21)26(24)20-8-6-5-7-9-20/h10-15,18,20H,5-9,16-17,19H2,1-4H3,(H,31,34). The molecule has 5 rings (SSSR count). The summed E-state index contributed by atoms with van der Waals surface area (Å²) in [6, 6.07) is 13.3. The van der Waals surface area contributed by atoms with Gasteiger partial charge < -0.3 is 14.0 Å². The van der Waals surface area contributed by atoms with Crippen molar-refractivity contribution in [3.8, 4) is 17.0 Å². The number of nitrogens with one attached hydrogen (secondary N) is 1. The third kappa shape index (κ3) is 5.22. The van der Waals surface area contributed by atoms with E-state index in [4.69, 9.17) is 9.47 Å². The number of amides is 1. The number of carbonyl (C=O) groups excluding carboxylic acids is 2. The Hall–Kier alpha value is -3.37. The number of esters is 1. The molecule has 0 unspecified atom stereocenters. The van der Waals surface area contributed by atoms with E-state index in [0.717, 1.165) is 70.7 Å². The first kappa shape index (κ1) is 28.2. The number of hydrogen-bond acceptors (Lipinski definition) is 6. The van der Waals surface area contributed by atoms with E-state index in [2.05, 4.69) is 9.29 Å². The van der Waals surface area contributed by atoms with Crippen LogP contribution in [0.3, 0.4) is 0 Å². The van der Waals surface area contributed by atoms with E-state index >= 15 is 0 Å². The van der Waals surface area contributed by atoms with Crippen molar-refractivity contribution in [1.29, 1.82) is 0 Å². The van der Waals surface area contributed by atoms with Crippen molar-refractivity contribution in [2.75, 3.05) is 28.3 Å². The fraction of sp³-hybridized carbons (Fsp3) is 0.467. The maximum atomic E-state index is 13.1. The molecule has 1 heterocycles. The van der Waals surface area contributed by atoms with E-state index in [-0.39, 0.29) is 11.5 Å². The van der Waals surface area contributed by atoms with Gasteiger partial charge in [0.25, 0.3) is 5.91 Å². The lowest BCUT2D eigenvalue weighted by Gasteiger charge is -2.24. The lowest BCUT2D eigenvalue weighted by atomic mass is 9.81. The molecule has 2 aliphatic carbocycles. The van der Waals surface area contributed by atoms with Crippen LogP contribution >= 0.6 is 0 Å². The number of methoxy groups -OCH3 is 2. The van der Waals surface area contributed by atoms with Crippen molar-refractivity contribution in [3.05, 3.63) is 53.6 Å². The molecule has 9 nitrogen and oxygen atoms in total. The first-order valence-corrected chi connectivity index (χ1v) is 15.2. The molecule has 0 saturated heterocycles. The number of carbonyl (C=O) groups is 2. The summed E-state index contributed by atoms with van der Waals surface area (Å²) in [5, 5.41) is 1.02. The van der Waals surface area contributed by atoms with Gasteiger partial charge in [-0.15, -0.1) is 0 Å². The predicted molar refractivity (Wildman–Crippen MR) is 154 cm³/mol. The Labute approximate surface area is 235 Å². The average molecular weight is 568 g/mol. The topological polar surface area (TPSA) is 107 Å². The second kappa shape index (κ2) is 10.9. The maximum Gasteiger partial charge on any atom is 0.313 e. The van der Waals surface area contributed by atoms with E-state index < -0.39 is 21.5 Å². The number of aromatic nitrogens is 1. The molecule has 2 aromatic carbocycles. The van der Waals surface area contributed by atoms with E-state index in [9.17, 15) is 18.0 Å². The average Bonchev–Trinajstić information content (AvgIpc) is 3.68. The van der Waals surface area contributed by atoms with Gasteiger partial charge in [0.1, 0.15) is 5.75 Å². The Kier molecular flexibility index (Phi) is 7.67. The van der Waals surface area contributed by atoms with Gasteiger partial charge in [0.2, 0.25) is 0 Å². The molecule has 2 saturated carbocycles. The van der Waals surface area contributed by atoms with E-state index in [0.29, 0.717) is 12.5 Å². The van der Waals surface area contributed by atoms with Crippen LogP contribution in [0.5, 0.6) is 5.75 Å². The Balaban J connectivity index is 1.73. The van der Waals surface area contributed by atoms with Crippen molar-refractivity contribution in [2.24, 2.45) is 5.41 Å². The monoisotopic (exact) mass is 567 g/mol. The molecule has 1 aromatic heterocycles. The molecule has 0 aliphatic heterocycles. The highest BCUT2D eigenvalue weighted by molar-refractivity contribution is 7.87. The quantitative estimate of drug-likeness (QED) is 0.371. The van der Waals surface area contributed by atoms with Crippen molar-refractivity contribution < 1.29 is 27.5 Å². The summed E-state index contributed by atoms with van der Waals surface area (Å²) in [5.74, 6) is 0.138. The zero-order chi connectivity index (χ0) is 28.7. The van der Waals surface area contributed by atoms with Gasteiger partial charge in [0, 0.05) is 37.1 Å². The molecule has 40 heavy (non-hydrogen) atoms. The molecule has 1 amide bonds. The second-order valence-corrected chi connectivity index (χ2v) is 13.0. The van der Waals surface area contributed by atoms with E-state index in [1.165, 1.54) is 33.2 Å². The first-order chi connectivity index (χ1) is 19.1. The minimum Gasteiger partial charge on any atom is -0.497 e. The van der Waals surface area contributed by atoms with E-state index in [1.807, 2.05) is 30.3 Å². The first-order valence-electron chi connectivity index (χ1n) is 13.7. The van der Waals surface area contributed by atoms with Crippen LogP contribution in [0.1, 0.15) is 66.8 Å². The molecule has 2 fully saturated rings. The SMILES string of the molecule is COC(=O)C1(Cn2c(-c3ccc(OC)cc3)c(C3CCCCC3)c3ccc(C(=O)NS(=O)(=O)N(C)C)cc32)CC1. The van der Waals surface area contributed by atoms with Gasteiger partial charge in [-0.1, -0.05) is 25.3 Å². The zero-order valence-corrected chi connectivity index (χ0v) is 24.3. The third-order valence-corrected chi connectivity index (χ3v) is 9.78. The normalized spacial score (nSPS) is 17.1. The van der Waals surface area contributed by atoms with Gasteiger partial charge in [-0.25, -0.2) is 4.72 Å². The number of rotatable bonds is 9. The molecule has 1 N–H and O–H groups in total. The summed E-state index contributed by atoms with van der Waals surface area (Å²) in [5.41, 5.74) is 3.65. The molecule has 10 heteroatoms. The number of hydrogen-bond donors (Lipinski definition) is 1. The fourth-order valence-corrected chi connectivity index (χ4v) is 6.45. The number of benzene rings is 2. The number of nitrogens with zero attached hydrogens (tertiary/aromatic N) is 2. The highest BCUT2D eigenvalue weighted by Gasteiger charge is 2.52. The Morgan fingerprint density at radius 2 is 1.70 bits per heavy atom. The summed E-state index contributed by atoms with van der Waals surface area (Å²) < 4.78 is 40.6. The largest absolute Gasteiger partial charge is 0.497 e. The summed E-state index contributed by atoms with van der Waals surface area (Å²) in [6.45, 7) is 0.408. The van der Waals surface area contributed by atoms with Crippen LogP contribution < -0.4 is 9.46 Å². The van der Waals surface area contributed by atoms with Crippen molar-refractivity contribution in [1.82, 2.24) is 13.6 Å². The van der Waals surface area contributed by atoms with Gasteiger partial charge in [-0.05, 0) is 79.1 Å². The van der Waals surface area contributed by atoms with Crippen LogP contribution in [0, 0.1) is 5.41 Å². The highest BCUT2D eigenvalue weighted by atomic mass is 32.2. The van der Waals surface area contributed by atoms with Gasteiger partial charge >= 0.3 is 16.2 Å². The minimum atomic E-state index is -3.96. The van der Waals surface area contributed by atoms with Crippen LogP contribution in [0.25, 0.3) is 22.2 Å². The minimum absolute atomic E-state index is 0.232. The molecular weight excluding hydrogens is 530 g/mol. The van der Waals surface area contributed by atoms with Crippen LogP contribution in [0.2, 0.25) is 0 Å². The molecule has 2 aliphatic rings. The lowest BCUT2D eigenvalue weighted by molar-refractivity contribution is -0.147. The smallest absolute Gasteiger partial charge is 0.313 e. The molecule has 0 bridgehead atoms. The lowest BCUT2D eigenvalue weighted by Crippen LogP contribution is -2.39. The molecule has 0 atom stereocenters. The summed E-state index contributed by atoms with van der Waals surface area (Å²) >= 11 is 0. The predicted octanol–water partition coefficient (Wildman–Crippen LogP) is 4.85. The second-order valence-electron chi connectivity index (χ2n) is 11.1. The van der Waals surface area contributed by atoms with Gasteiger partial charge in [-0.3, -0.25) is 9.59 Å². The van der Waals surface area contributed by atoms with Crippen molar-refractivity contribution in [3.63, 3.8) is 0 Å². The van der Waals surface area contributed by atoms with Crippen LogP contribution in [-0.4, -0.2) is 57.5 Å². The van der Waals surface area contributed by atoms with Crippen molar-refractivity contribution in [2.45, 2.75) is 57.4 Å².